The predicted octanol–water partition coefficient (Wildman–Crippen LogP) is 4.65. The number of thioether (sulfide) groups is 1. The van der Waals surface area contributed by atoms with Crippen LogP contribution in [0.4, 0.5) is 5.82 Å². The van der Waals surface area contributed by atoms with E-state index in [4.69, 9.17) is 5.73 Å². The number of ketones is 1. The van der Waals surface area contributed by atoms with Crippen molar-refractivity contribution in [1.29, 1.82) is 0 Å². The third-order valence-electron chi connectivity index (χ3n) is 2.95. The minimum absolute atomic E-state index is 0.0500. The molecule has 0 fully saturated rings. The number of carbonyl (C=O) groups is 1. The van der Waals surface area contributed by atoms with Crippen LogP contribution in [0, 0.1) is 10.8 Å². The first-order valence-corrected chi connectivity index (χ1v) is 8.35. The highest BCUT2D eigenvalue weighted by atomic mass is 32.2. The summed E-state index contributed by atoms with van der Waals surface area (Å²) in [5, 5.41) is 0. The van der Waals surface area contributed by atoms with E-state index in [-0.39, 0.29) is 11.2 Å². The second-order valence-corrected chi connectivity index (χ2v) is 9.14. The summed E-state index contributed by atoms with van der Waals surface area (Å²) < 4.78 is 0.834. The third-order valence-corrected chi connectivity index (χ3v) is 5.25. The van der Waals surface area contributed by atoms with Crippen LogP contribution in [0.25, 0.3) is 0 Å². The van der Waals surface area contributed by atoms with Crippen molar-refractivity contribution in [3.05, 3.63) is 17.0 Å². The van der Waals surface area contributed by atoms with Crippen LogP contribution < -0.4 is 5.73 Å². The van der Waals surface area contributed by atoms with Crippen LogP contribution >= 0.6 is 23.1 Å². The molecular formula is C15H24N2OS2. The number of rotatable bonds is 4. The summed E-state index contributed by atoms with van der Waals surface area (Å²) in [4.78, 5) is 17.1. The van der Waals surface area contributed by atoms with Gasteiger partial charge in [-0.3, -0.25) is 4.79 Å². The molecular weight excluding hydrogens is 288 g/mol. The molecule has 0 saturated heterocycles. The van der Waals surface area contributed by atoms with Gasteiger partial charge in [0.15, 0.2) is 10.1 Å². The van der Waals surface area contributed by atoms with E-state index in [9.17, 15) is 4.79 Å². The van der Waals surface area contributed by atoms with Crippen molar-refractivity contribution in [1.82, 2.24) is 4.98 Å². The van der Waals surface area contributed by atoms with Crippen molar-refractivity contribution in [2.45, 2.75) is 45.9 Å². The van der Waals surface area contributed by atoms with Gasteiger partial charge in [-0.15, -0.1) is 11.3 Å². The Hall–Kier alpha value is -0.810. The largest absolute Gasteiger partial charge is 0.382 e. The number of anilines is 1. The molecule has 1 aromatic rings. The highest BCUT2D eigenvalue weighted by molar-refractivity contribution is 8.01. The number of Topliss-reactive ketones (excluding diaryl/α,β-unsaturated/α-hetero) is 1. The van der Waals surface area contributed by atoms with Crippen LogP contribution in [0.3, 0.4) is 0 Å². The Bertz CT molecular complexity index is 519. The number of hydrogen-bond acceptors (Lipinski definition) is 5. The molecule has 0 aliphatic heterocycles. The van der Waals surface area contributed by atoms with Gasteiger partial charge in [0.1, 0.15) is 10.7 Å². The lowest BCUT2D eigenvalue weighted by atomic mass is 9.89. The van der Waals surface area contributed by atoms with Crippen LogP contribution in [0.5, 0.6) is 0 Å². The molecule has 1 aromatic heterocycles. The fourth-order valence-electron chi connectivity index (χ4n) is 1.24. The van der Waals surface area contributed by atoms with Crippen LogP contribution in [0.1, 0.15) is 51.2 Å². The molecule has 1 rings (SSSR count). The quantitative estimate of drug-likeness (QED) is 0.499. The topological polar surface area (TPSA) is 56.0 Å². The summed E-state index contributed by atoms with van der Waals surface area (Å²) >= 11 is 2.98. The van der Waals surface area contributed by atoms with Crippen molar-refractivity contribution in [3.8, 4) is 0 Å². The van der Waals surface area contributed by atoms with E-state index in [1.807, 2.05) is 20.8 Å². The average molecular weight is 313 g/mol. The maximum atomic E-state index is 12.3. The van der Waals surface area contributed by atoms with Gasteiger partial charge in [0.25, 0.3) is 0 Å². The normalized spacial score (nSPS) is 12.5. The molecule has 2 N–H and O–H groups in total. The first-order chi connectivity index (χ1) is 8.93. The molecule has 3 nitrogen and oxygen atoms in total. The van der Waals surface area contributed by atoms with Crippen LogP contribution in [-0.4, -0.2) is 16.5 Å². The Morgan fingerprint density at radius 1 is 1.25 bits per heavy atom. The van der Waals surface area contributed by atoms with Gasteiger partial charge < -0.3 is 5.73 Å². The minimum Gasteiger partial charge on any atom is -0.382 e. The molecule has 0 unspecified atom stereocenters. The lowest BCUT2D eigenvalue weighted by Crippen LogP contribution is -2.20. The predicted molar refractivity (Wildman–Crippen MR) is 89.6 cm³/mol. The first-order valence-electron chi connectivity index (χ1n) is 6.55. The summed E-state index contributed by atoms with van der Waals surface area (Å²) in [6.07, 6.45) is 0. The third kappa shape index (κ3) is 4.35. The van der Waals surface area contributed by atoms with E-state index in [0.29, 0.717) is 10.7 Å². The summed E-state index contributed by atoms with van der Waals surface area (Å²) in [7, 11) is 0. The van der Waals surface area contributed by atoms with Gasteiger partial charge in [-0.05, 0) is 5.41 Å². The smallest absolute Gasteiger partial charge is 0.181 e. The Balaban J connectivity index is 2.82. The molecule has 0 aliphatic rings. The van der Waals surface area contributed by atoms with Crippen LogP contribution in [0.15, 0.2) is 16.5 Å². The molecule has 0 bridgehead atoms. The van der Waals surface area contributed by atoms with Gasteiger partial charge in [0, 0.05) is 11.2 Å². The van der Waals surface area contributed by atoms with E-state index >= 15 is 0 Å². The minimum atomic E-state index is -0.433. The SMILES string of the molecule is C=C(CSc1nc(N)c(C(=O)C(C)(C)C)s1)C(C)(C)C. The fourth-order valence-corrected chi connectivity index (χ4v) is 3.67. The Morgan fingerprint density at radius 2 is 1.80 bits per heavy atom. The van der Waals surface area contributed by atoms with E-state index < -0.39 is 5.41 Å². The molecule has 0 aromatic carbocycles. The molecule has 0 atom stereocenters. The molecule has 0 spiro atoms. The molecule has 5 heteroatoms. The molecule has 0 amide bonds. The van der Waals surface area contributed by atoms with Gasteiger partial charge in [-0.25, -0.2) is 4.98 Å². The molecule has 0 aliphatic carbocycles. The molecule has 0 radical (unpaired) electrons. The zero-order valence-electron chi connectivity index (χ0n) is 13.2. The number of nitrogens with two attached hydrogens (primary N) is 1. The van der Waals surface area contributed by atoms with E-state index in [0.717, 1.165) is 15.7 Å². The highest BCUT2D eigenvalue weighted by Crippen LogP contribution is 2.36. The summed E-state index contributed by atoms with van der Waals surface area (Å²) in [5.74, 6) is 1.19. The number of thiazole rings is 1. The monoisotopic (exact) mass is 312 g/mol. The van der Waals surface area contributed by atoms with Gasteiger partial charge in [-0.1, -0.05) is 65.5 Å². The first kappa shape index (κ1) is 17.2. The zero-order chi connectivity index (χ0) is 15.7. The lowest BCUT2D eigenvalue weighted by Gasteiger charge is -2.20. The number of hydrogen-bond donors (Lipinski definition) is 1. The standard InChI is InChI=1S/C15H24N2OS2/c1-9(14(2,3)4)8-19-13-17-12(16)10(20-13)11(18)15(5,6)7/h1,8,16H2,2-7H3. The number of nitrogen functional groups attached to an aromatic ring is 1. The molecule has 112 valence electrons. The number of carbonyl (C=O) groups excluding carboxylic acids is 1. The highest BCUT2D eigenvalue weighted by Gasteiger charge is 2.27. The van der Waals surface area contributed by atoms with E-state index in [1.54, 1.807) is 11.8 Å². The Labute approximate surface area is 130 Å². The van der Waals surface area contributed by atoms with E-state index in [1.165, 1.54) is 11.3 Å². The second-order valence-electron chi connectivity index (χ2n) is 6.92. The van der Waals surface area contributed by atoms with Crippen molar-refractivity contribution in [2.75, 3.05) is 11.5 Å². The van der Waals surface area contributed by atoms with Crippen molar-refractivity contribution < 1.29 is 4.79 Å². The molecule has 1 heterocycles. The number of aromatic nitrogens is 1. The Morgan fingerprint density at radius 3 is 2.25 bits per heavy atom. The van der Waals surface area contributed by atoms with Crippen molar-refractivity contribution in [3.63, 3.8) is 0 Å². The average Bonchev–Trinajstić information content (AvgIpc) is 2.63. The maximum Gasteiger partial charge on any atom is 0.181 e. The van der Waals surface area contributed by atoms with Crippen molar-refractivity contribution >= 4 is 34.7 Å². The Kier molecular flexibility index (Phi) is 5.08. The van der Waals surface area contributed by atoms with Crippen molar-refractivity contribution in [2.24, 2.45) is 10.8 Å². The number of nitrogens with zero attached hydrogens (tertiary/aromatic N) is 1. The lowest BCUT2D eigenvalue weighted by molar-refractivity contribution is 0.0863. The second kappa shape index (κ2) is 5.90. The van der Waals surface area contributed by atoms with Gasteiger partial charge in [0.05, 0.1) is 0 Å². The van der Waals surface area contributed by atoms with Gasteiger partial charge in [-0.2, -0.15) is 0 Å². The summed E-state index contributed by atoms with van der Waals surface area (Å²) in [6.45, 7) is 16.2. The van der Waals surface area contributed by atoms with E-state index in [2.05, 4.69) is 32.3 Å². The van der Waals surface area contributed by atoms with Gasteiger partial charge >= 0.3 is 0 Å². The van der Waals surface area contributed by atoms with Crippen LogP contribution in [0.2, 0.25) is 0 Å². The van der Waals surface area contributed by atoms with Crippen LogP contribution in [-0.2, 0) is 0 Å². The fraction of sp³-hybridized carbons (Fsp3) is 0.600. The summed E-state index contributed by atoms with van der Waals surface area (Å²) in [5.41, 5.74) is 6.68. The summed E-state index contributed by atoms with van der Waals surface area (Å²) in [6, 6.07) is 0. The molecule has 20 heavy (non-hydrogen) atoms. The zero-order valence-corrected chi connectivity index (χ0v) is 14.8. The molecule has 0 saturated carbocycles. The maximum absolute atomic E-state index is 12.3. The van der Waals surface area contributed by atoms with Gasteiger partial charge in [0.2, 0.25) is 0 Å².